The molecule has 0 unspecified atom stereocenters. The maximum atomic E-state index is 13.4. The minimum Gasteiger partial charge on any atom is -0.395 e. The van der Waals surface area contributed by atoms with Crippen molar-refractivity contribution >= 4 is 11.7 Å². The number of ether oxygens (including phenoxy) is 2. The van der Waals surface area contributed by atoms with Crippen LogP contribution in [0.1, 0.15) is 40.0 Å². The highest BCUT2D eigenvalue weighted by Gasteiger charge is 2.52. The third-order valence-corrected chi connectivity index (χ3v) is 6.38. The van der Waals surface area contributed by atoms with Gasteiger partial charge in [0.25, 0.3) is 11.5 Å². The van der Waals surface area contributed by atoms with Crippen LogP contribution in [0.4, 0.5) is 8.78 Å². The van der Waals surface area contributed by atoms with Gasteiger partial charge in [-0.1, -0.05) is 12.1 Å². The van der Waals surface area contributed by atoms with Crippen LogP contribution < -0.4 is 20.3 Å². The molecule has 0 saturated heterocycles. The summed E-state index contributed by atoms with van der Waals surface area (Å²) in [6.45, 7) is 1.84. The van der Waals surface area contributed by atoms with Gasteiger partial charge in [-0.25, -0.2) is 0 Å². The average molecular weight is 481 g/mol. The fraction of sp³-hybridized carbons (Fsp3) is 0.280. The van der Waals surface area contributed by atoms with Crippen molar-refractivity contribution in [1.29, 1.82) is 0 Å². The zero-order valence-corrected chi connectivity index (χ0v) is 18.9. The minimum atomic E-state index is -3.72. The molecule has 1 aliphatic carbocycles. The highest BCUT2D eigenvalue weighted by Crippen LogP contribution is 2.52. The number of carbonyl (C=O) groups excluding carboxylic acids is 2. The monoisotopic (exact) mass is 481 g/mol. The van der Waals surface area contributed by atoms with Crippen molar-refractivity contribution in [3.8, 4) is 22.8 Å². The number of nitrogens with zero attached hydrogens (tertiary/aromatic N) is 1. The number of amides is 1. The summed E-state index contributed by atoms with van der Waals surface area (Å²) in [5.74, 6) is -0.761. The summed E-state index contributed by atoms with van der Waals surface area (Å²) in [6.07, 6.45) is -1.03. The standard InChI is InChI=1S/C25H21F2N3O5/c1-13-3-5-16(30-21(13)14-9-17(22(32)28-2)23(33)29-12-14)11-20(31)24(7-8-24)15-4-6-18-19(10-15)35-25(26,27)34-18/h3-6,9-10,12H,7-8,11H2,1-2H3,(H,28,32)(H,29,33). The number of H-pyrrole nitrogens is 1. The lowest BCUT2D eigenvalue weighted by Crippen LogP contribution is -2.26. The van der Waals surface area contributed by atoms with Gasteiger partial charge in [-0.2, -0.15) is 0 Å². The topological polar surface area (TPSA) is 110 Å². The van der Waals surface area contributed by atoms with Gasteiger partial charge in [-0.15, -0.1) is 8.78 Å². The first-order valence-corrected chi connectivity index (χ1v) is 11.0. The van der Waals surface area contributed by atoms with Crippen molar-refractivity contribution < 1.29 is 27.8 Å². The molecule has 1 amide bonds. The van der Waals surface area contributed by atoms with E-state index in [0.29, 0.717) is 35.4 Å². The Hall–Kier alpha value is -4.08. The number of aryl methyl sites for hydroxylation is 1. The smallest absolute Gasteiger partial charge is 0.395 e. The Kier molecular flexibility index (Phi) is 5.19. The molecular weight excluding hydrogens is 460 g/mol. The number of fused-ring (bicyclic) bond motifs is 1. The second-order valence-electron chi connectivity index (χ2n) is 8.69. The van der Waals surface area contributed by atoms with Crippen molar-refractivity contribution in [2.45, 2.75) is 37.9 Å². The molecule has 35 heavy (non-hydrogen) atoms. The number of aromatic amines is 1. The van der Waals surface area contributed by atoms with Gasteiger partial charge in [0.15, 0.2) is 11.5 Å². The van der Waals surface area contributed by atoms with Gasteiger partial charge in [0.2, 0.25) is 0 Å². The third kappa shape index (κ3) is 4.05. The molecule has 10 heteroatoms. The van der Waals surface area contributed by atoms with Crippen molar-refractivity contribution in [3.63, 3.8) is 0 Å². The highest BCUT2D eigenvalue weighted by atomic mass is 19.3. The molecule has 0 atom stereocenters. The van der Waals surface area contributed by atoms with Gasteiger partial charge < -0.3 is 19.8 Å². The molecule has 1 aromatic carbocycles. The molecule has 5 rings (SSSR count). The first kappa shape index (κ1) is 22.7. The Morgan fingerprint density at radius 3 is 2.57 bits per heavy atom. The summed E-state index contributed by atoms with van der Waals surface area (Å²) in [7, 11) is 1.43. The second kappa shape index (κ2) is 8.00. The number of benzene rings is 1. The summed E-state index contributed by atoms with van der Waals surface area (Å²) in [5.41, 5.74) is 1.64. The van der Waals surface area contributed by atoms with E-state index in [4.69, 9.17) is 0 Å². The summed E-state index contributed by atoms with van der Waals surface area (Å²) in [5, 5.41) is 2.43. The molecule has 1 saturated carbocycles. The first-order valence-electron chi connectivity index (χ1n) is 11.0. The van der Waals surface area contributed by atoms with Crippen molar-refractivity contribution in [2.24, 2.45) is 0 Å². The van der Waals surface area contributed by atoms with Gasteiger partial charge in [0.05, 0.1) is 11.1 Å². The second-order valence-corrected chi connectivity index (χ2v) is 8.69. The summed E-state index contributed by atoms with van der Waals surface area (Å²) in [6, 6.07) is 9.47. The number of ketones is 1. The van der Waals surface area contributed by atoms with Crippen LogP contribution >= 0.6 is 0 Å². The van der Waals surface area contributed by atoms with Crippen LogP contribution in [0.25, 0.3) is 11.3 Å². The number of halogens is 2. The minimum absolute atomic E-state index is 0.0313. The Morgan fingerprint density at radius 1 is 1.11 bits per heavy atom. The maximum absolute atomic E-state index is 13.4. The van der Waals surface area contributed by atoms with Gasteiger partial charge in [0, 0.05) is 30.9 Å². The van der Waals surface area contributed by atoms with E-state index < -0.39 is 23.2 Å². The lowest BCUT2D eigenvalue weighted by atomic mass is 9.88. The van der Waals surface area contributed by atoms with E-state index in [1.54, 1.807) is 12.1 Å². The number of nitrogens with one attached hydrogen (secondary N) is 2. The molecule has 1 fully saturated rings. The summed E-state index contributed by atoms with van der Waals surface area (Å²) < 4.78 is 35.8. The SMILES string of the molecule is CNC(=O)c1cc(-c2nc(CC(=O)C3(c4ccc5c(c4)OC(F)(F)O5)CC3)ccc2C)c[nH]c1=O. The van der Waals surface area contributed by atoms with Crippen LogP contribution in [-0.2, 0) is 16.6 Å². The molecule has 180 valence electrons. The molecule has 2 N–H and O–H groups in total. The van der Waals surface area contributed by atoms with E-state index in [0.717, 1.165) is 5.56 Å². The molecule has 2 aliphatic rings. The fourth-order valence-electron chi connectivity index (χ4n) is 4.32. The normalized spacial score (nSPS) is 16.6. The first-order chi connectivity index (χ1) is 16.6. The predicted octanol–water partition coefficient (Wildman–Crippen LogP) is 3.27. The van der Waals surface area contributed by atoms with Crippen LogP contribution in [0.3, 0.4) is 0 Å². The largest absolute Gasteiger partial charge is 0.586 e. The molecule has 0 radical (unpaired) electrons. The average Bonchev–Trinajstić information content (AvgIpc) is 3.57. The van der Waals surface area contributed by atoms with Crippen LogP contribution in [-0.4, -0.2) is 35.0 Å². The van der Waals surface area contributed by atoms with Crippen LogP contribution in [0.2, 0.25) is 0 Å². The molecule has 0 spiro atoms. The van der Waals surface area contributed by atoms with E-state index in [1.807, 2.05) is 13.0 Å². The Bertz CT molecular complexity index is 1430. The van der Waals surface area contributed by atoms with Gasteiger partial charge in [-0.05, 0) is 55.2 Å². The zero-order chi connectivity index (χ0) is 25.0. The predicted molar refractivity (Wildman–Crippen MR) is 121 cm³/mol. The number of pyridine rings is 2. The number of Topliss-reactive ketones (excluding diaryl/α,β-unsaturated/α-hetero) is 1. The lowest BCUT2D eigenvalue weighted by molar-refractivity contribution is -0.286. The maximum Gasteiger partial charge on any atom is 0.586 e. The van der Waals surface area contributed by atoms with Gasteiger partial charge in [-0.3, -0.25) is 19.4 Å². The van der Waals surface area contributed by atoms with Crippen LogP contribution in [0.15, 0.2) is 47.4 Å². The molecular formula is C25H21F2N3O5. The number of carbonyl (C=O) groups is 2. The molecule has 0 bridgehead atoms. The van der Waals surface area contributed by atoms with E-state index in [-0.39, 0.29) is 29.3 Å². The lowest BCUT2D eigenvalue weighted by Gasteiger charge is -2.16. The van der Waals surface area contributed by atoms with E-state index >= 15 is 0 Å². The van der Waals surface area contributed by atoms with Crippen LogP contribution in [0.5, 0.6) is 11.5 Å². The summed E-state index contributed by atoms with van der Waals surface area (Å²) >= 11 is 0. The number of hydrogen-bond donors (Lipinski definition) is 2. The highest BCUT2D eigenvalue weighted by molar-refractivity contribution is 5.95. The number of alkyl halides is 2. The molecule has 3 aromatic rings. The third-order valence-electron chi connectivity index (χ3n) is 6.38. The van der Waals surface area contributed by atoms with E-state index in [9.17, 15) is 23.2 Å². The van der Waals surface area contributed by atoms with Gasteiger partial charge >= 0.3 is 6.29 Å². The summed E-state index contributed by atoms with van der Waals surface area (Å²) in [4.78, 5) is 44.5. The Balaban J connectivity index is 1.41. The van der Waals surface area contributed by atoms with Crippen molar-refractivity contribution in [2.75, 3.05) is 7.05 Å². The Labute approximate surface area is 198 Å². The molecule has 1 aliphatic heterocycles. The number of aromatic nitrogens is 2. The number of rotatable bonds is 6. The zero-order valence-electron chi connectivity index (χ0n) is 18.9. The fourth-order valence-corrected chi connectivity index (χ4v) is 4.32. The Morgan fingerprint density at radius 2 is 1.86 bits per heavy atom. The van der Waals surface area contributed by atoms with Gasteiger partial charge in [0.1, 0.15) is 11.3 Å². The van der Waals surface area contributed by atoms with Crippen LogP contribution in [0, 0.1) is 6.92 Å². The van der Waals surface area contributed by atoms with Crippen molar-refractivity contribution in [3.05, 3.63) is 75.3 Å². The molecule has 2 aromatic heterocycles. The van der Waals surface area contributed by atoms with Crippen molar-refractivity contribution in [1.82, 2.24) is 15.3 Å². The number of hydrogen-bond acceptors (Lipinski definition) is 6. The quantitative estimate of drug-likeness (QED) is 0.559. The van der Waals surface area contributed by atoms with E-state index in [1.165, 1.54) is 31.4 Å². The van der Waals surface area contributed by atoms with E-state index in [2.05, 4.69) is 24.8 Å². The molecule has 8 nitrogen and oxygen atoms in total. The molecule has 3 heterocycles.